The quantitative estimate of drug-likeness (QED) is 0.0560. The molecule has 7 heteroatoms. The molecule has 0 aliphatic carbocycles. The molecule has 0 aliphatic heterocycles. The molecule has 0 aromatic carbocycles. The predicted octanol–water partition coefficient (Wildman–Crippen LogP) is 15.0. The van der Waals surface area contributed by atoms with Gasteiger partial charge >= 0.3 is 41.3 Å². The fraction of sp³-hybridized carbons (Fsp3) is 0.944. The Morgan fingerprint density at radius 2 is 0.311 bits per heavy atom. The summed E-state index contributed by atoms with van der Waals surface area (Å²) in [6.45, 7) is 6.80. The second-order valence-electron chi connectivity index (χ2n) is 18.2. The summed E-state index contributed by atoms with van der Waals surface area (Å²) >= 11 is 0. The van der Waals surface area contributed by atoms with Crippen LogP contribution in [0.5, 0.6) is 0 Å². The van der Waals surface area contributed by atoms with Crippen molar-refractivity contribution in [2.24, 2.45) is 0 Å². The molecule has 0 fully saturated rings. The normalized spacial score (nSPS) is 10.7. The fourth-order valence-electron chi connectivity index (χ4n) is 7.92. The standard InChI is InChI=1S/3C18H36O2.Pr/c3*1-2-3-4-5-6-7-8-9-10-11-12-13-14-15-16-17-18(19)20;/h3*2-17H2,1H3,(H,19,20);/q;;;+3/p-3. The first kappa shape index (κ1) is 67.4. The van der Waals surface area contributed by atoms with Crippen LogP contribution >= 0.6 is 0 Å². The molecule has 0 radical (unpaired) electrons. The molecule has 6 nitrogen and oxygen atoms in total. The summed E-state index contributed by atoms with van der Waals surface area (Å²) in [5, 5.41) is 30.7. The number of rotatable bonds is 48. The van der Waals surface area contributed by atoms with E-state index in [0.29, 0.717) is 0 Å². The van der Waals surface area contributed by atoms with E-state index in [2.05, 4.69) is 20.8 Å². The van der Waals surface area contributed by atoms with Crippen LogP contribution in [0, 0.1) is 41.3 Å². The second-order valence-corrected chi connectivity index (χ2v) is 18.2. The van der Waals surface area contributed by atoms with Crippen LogP contribution in [-0.4, -0.2) is 17.9 Å². The molecule has 0 bridgehead atoms. The number of carboxylic acid groups (broad SMARTS) is 3. The van der Waals surface area contributed by atoms with E-state index in [1.807, 2.05) is 0 Å². The van der Waals surface area contributed by atoms with Crippen molar-refractivity contribution in [3.63, 3.8) is 0 Å². The van der Waals surface area contributed by atoms with Gasteiger partial charge in [-0.3, -0.25) is 0 Å². The van der Waals surface area contributed by atoms with E-state index in [1.54, 1.807) is 0 Å². The third-order valence-electron chi connectivity index (χ3n) is 12.0. The fourth-order valence-corrected chi connectivity index (χ4v) is 7.92. The van der Waals surface area contributed by atoms with E-state index < -0.39 is 17.9 Å². The van der Waals surface area contributed by atoms with E-state index in [0.717, 1.165) is 38.5 Å². The van der Waals surface area contributed by atoms with Crippen LogP contribution in [0.3, 0.4) is 0 Å². The number of unbranched alkanes of at least 4 members (excludes halogenated alkanes) is 42. The second kappa shape index (κ2) is 64.1. The molecule has 0 N–H and O–H groups in total. The van der Waals surface area contributed by atoms with Crippen molar-refractivity contribution in [3.05, 3.63) is 0 Å². The molecule has 0 unspecified atom stereocenters. The molecule has 0 rings (SSSR count). The molecule has 0 heterocycles. The summed E-state index contributed by atoms with van der Waals surface area (Å²) in [6.07, 6.45) is 59.6. The minimum absolute atomic E-state index is 0. The van der Waals surface area contributed by atoms with Crippen LogP contribution in [0.1, 0.15) is 329 Å². The number of hydrogen-bond acceptors (Lipinski definition) is 6. The first-order valence-corrected chi connectivity index (χ1v) is 26.9. The molecule has 61 heavy (non-hydrogen) atoms. The molecular weight excluding hydrogens is 885 g/mol. The van der Waals surface area contributed by atoms with Gasteiger partial charge in [0.1, 0.15) is 0 Å². The van der Waals surface area contributed by atoms with Crippen molar-refractivity contribution in [1.82, 2.24) is 0 Å². The summed E-state index contributed by atoms with van der Waals surface area (Å²) in [4.78, 5) is 30.7. The van der Waals surface area contributed by atoms with Crippen LogP contribution in [0.25, 0.3) is 0 Å². The molecule has 0 aromatic rings. The third-order valence-corrected chi connectivity index (χ3v) is 12.0. The molecular formula is C54H105O6Pr. The Kier molecular flexibility index (Phi) is 70.7. The van der Waals surface area contributed by atoms with Gasteiger partial charge in [-0.1, -0.05) is 290 Å². The number of carbonyl (C=O) groups is 3. The van der Waals surface area contributed by atoms with Gasteiger partial charge in [0.2, 0.25) is 0 Å². The van der Waals surface area contributed by atoms with Crippen LogP contribution < -0.4 is 15.3 Å². The van der Waals surface area contributed by atoms with Crippen molar-refractivity contribution in [2.75, 3.05) is 0 Å². The Hall–Kier alpha value is -0.226. The summed E-state index contributed by atoms with van der Waals surface area (Å²) in [6, 6.07) is 0. The van der Waals surface area contributed by atoms with Crippen LogP contribution in [-0.2, 0) is 14.4 Å². The number of aliphatic carboxylic acids is 3. The smallest absolute Gasteiger partial charge is 0.550 e. The Labute approximate surface area is 414 Å². The number of carboxylic acids is 3. The Balaban J connectivity index is -0.000000396. The zero-order valence-electron chi connectivity index (χ0n) is 41.5. The minimum atomic E-state index is -0.903. The molecule has 0 saturated carbocycles. The summed E-state index contributed by atoms with van der Waals surface area (Å²) in [5.41, 5.74) is 0. The average Bonchev–Trinajstić information content (AvgIpc) is 3.22. The predicted molar refractivity (Wildman–Crippen MR) is 254 cm³/mol. The Bertz CT molecular complexity index is 717. The van der Waals surface area contributed by atoms with Crippen molar-refractivity contribution in [1.29, 1.82) is 0 Å². The van der Waals surface area contributed by atoms with Crippen molar-refractivity contribution < 1.29 is 71.0 Å². The van der Waals surface area contributed by atoms with Crippen LogP contribution in [0.4, 0.5) is 0 Å². The number of hydrogen-bond donors (Lipinski definition) is 0. The molecule has 0 amide bonds. The molecule has 0 spiro atoms. The topological polar surface area (TPSA) is 120 Å². The maximum atomic E-state index is 10.2. The zero-order valence-corrected chi connectivity index (χ0v) is 45.2. The third kappa shape index (κ3) is 77.4. The van der Waals surface area contributed by atoms with Crippen LogP contribution in [0.15, 0.2) is 0 Å². The van der Waals surface area contributed by atoms with E-state index in [-0.39, 0.29) is 60.6 Å². The van der Waals surface area contributed by atoms with Crippen molar-refractivity contribution in [3.8, 4) is 0 Å². The Morgan fingerprint density at radius 3 is 0.410 bits per heavy atom. The van der Waals surface area contributed by atoms with E-state index >= 15 is 0 Å². The SMILES string of the molecule is CCCCCCCCCCCCCCCCCC(=O)[O-].CCCCCCCCCCCCCCCCCC(=O)[O-].CCCCCCCCCCCCCCCCCC(=O)[O-].[Pr+3]. The molecule has 0 atom stereocenters. The largest absolute Gasteiger partial charge is 3.00 e. The first-order chi connectivity index (χ1) is 29.3. The Morgan fingerprint density at radius 1 is 0.213 bits per heavy atom. The summed E-state index contributed by atoms with van der Waals surface area (Å²) in [5.74, 6) is -2.71. The van der Waals surface area contributed by atoms with Gasteiger partial charge in [-0.15, -0.1) is 0 Å². The van der Waals surface area contributed by atoms with Gasteiger partial charge in [0.05, 0.1) is 0 Å². The first-order valence-electron chi connectivity index (χ1n) is 26.9. The van der Waals surface area contributed by atoms with Gasteiger partial charge in [-0.05, 0) is 38.5 Å². The van der Waals surface area contributed by atoms with E-state index in [4.69, 9.17) is 0 Å². The van der Waals surface area contributed by atoms with Crippen molar-refractivity contribution in [2.45, 2.75) is 329 Å². The van der Waals surface area contributed by atoms with Gasteiger partial charge in [0.15, 0.2) is 0 Å². The number of carbonyl (C=O) groups excluding carboxylic acids is 3. The summed E-state index contributed by atoms with van der Waals surface area (Å²) < 4.78 is 0. The van der Waals surface area contributed by atoms with Gasteiger partial charge < -0.3 is 29.7 Å². The van der Waals surface area contributed by atoms with Gasteiger partial charge in [-0.2, -0.15) is 0 Å². The molecule has 0 aliphatic rings. The average molecular weight is 991 g/mol. The minimum Gasteiger partial charge on any atom is -0.550 e. The van der Waals surface area contributed by atoms with E-state index in [9.17, 15) is 29.7 Å². The van der Waals surface area contributed by atoms with Crippen LogP contribution in [0.2, 0.25) is 0 Å². The van der Waals surface area contributed by atoms with E-state index in [1.165, 1.54) is 250 Å². The van der Waals surface area contributed by atoms with Gasteiger partial charge in [-0.25, -0.2) is 0 Å². The van der Waals surface area contributed by atoms with Crippen molar-refractivity contribution >= 4 is 17.9 Å². The maximum Gasteiger partial charge on any atom is 3.00 e. The zero-order chi connectivity index (χ0) is 44.7. The maximum absolute atomic E-state index is 10.2. The molecule has 0 saturated heterocycles. The summed E-state index contributed by atoms with van der Waals surface area (Å²) in [7, 11) is 0. The monoisotopic (exact) mass is 991 g/mol. The molecule has 0 aromatic heterocycles. The van der Waals surface area contributed by atoms with Gasteiger partial charge in [0, 0.05) is 17.9 Å². The van der Waals surface area contributed by atoms with Gasteiger partial charge in [0.25, 0.3) is 0 Å². The molecule has 360 valence electrons.